The molecule has 3 heterocycles. The molecule has 2 aromatic heterocycles. The second-order valence-electron chi connectivity index (χ2n) is 8.59. The van der Waals surface area contributed by atoms with E-state index in [4.69, 9.17) is 27.0 Å². The summed E-state index contributed by atoms with van der Waals surface area (Å²) >= 11 is 6.00. The van der Waals surface area contributed by atoms with Gasteiger partial charge in [0.2, 0.25) is 4.77 Å². The summed E-state index contributed by atoms with van der Waals surface area (Å²) in [5.41, 5.74) is 4.90. The van der Waals surface area contributed by atoms with Gasteiger partial charge in [-0.05, 0) is 36.5 Å². The van der Waals surface area contributed by atoms with Crippen molar-refractivity contribution in [2.24, 2.45) is 0 Å². The maximum absolute atomic E-state index is 6.00. The Hall–Kier alpha value is -3.65. The Balaban J connectivity index is 1.58. The highest BCUT2D eigenvalue weighted by molar-refractivity contribution is 7.71. The van der Waals surface area contributed by atoms with Gasteiger partial charge >= 0.3 is 0 Å². The van der Waals surface area contributed by atoms with Crippen LogP contribution in [0.5, 0.6) is 0 Å². The number of para-hydroxylation sites is 2. The third-order valence-electron chi connectivity index (χ3n) is 6.32. The lowest BCUT2D eigenvalue weighted by Crippen LogP contribution is -2.37. The van der Waals surface area contributed by atoms with Crippen molar-refractivity contribution >= 4 is 23.1 Å². The number of nitrogens with zero attached hydrogens (tertiary/aromatic N) is 5. The Bertz CT molecular complexity index is 1520. The first-order chi connectivity index (χ1) is 17.3. The van der Waals surface area contributed by atoms with E-state index in [1.54, 1.807) is 0 Å². The Morgan fingerprint density at radius 1 is 0.829 bits per heavy atom. The molecule has 5 aromatic rings. The van der Waals surface area contributed by atoms with Crippen LogP contribution >= 0.6 is 12.2 Å². The van der Waals surface area contributed by atoms with E-state index >= 15 is 0 Å². The van der Waals surface area contributed by atoms with Gasteiger partial charge in [0.25, 0.3) is 0 Å². The minimum absolute atomic E-state index is 0.629. The van der Waals surface area contributed by atoms with E-state index in [-0.39, 0.29) is 0 Å². The molecule has 0 aliphatic carbocycles. The minimum Gasteiger partial charge on any atom is -0.379 e. The molecule has 0 atom stereocenters. The highest BCUT2D eigenvalue weighted by Gasteiger charge is 2.20. The van der Waals surface area contributed by atoms with Gasteiger partial charge in [0.05, 0.1) is 31.1 Å². The van der Waals surface area contributed by atoms with E-state index in [9.17, 15) is 0 Å². The van der Waals surface area contributed by atoms with Crippen LogP contribution in [0.3, 0.4) is 0 Å². The second kappa shape index (κ2) is 9.54. The maximum atomic E-state index is 6.00. The third-order valence-corrected chi connectivity index (χ3v) is 6.71. The predicted octanol–water partition coefficient (Wildman–Crippen LogP) is 5.58. The first-order valence-electron chi connectivity index (χ1n) is 11.8. The minimum atomic E-state index is 0.629. The predicted molar refractivity (Wildman–Crippen MR) is 141 cm³/mol. The van der Waals surface area contributed by atoms with Gasteiger partial charge in [-0.15, -0.1) is 5.10 Å². The lowest BCUT2D eigenvalue weighted by Gasteiger charge is -2.26. The van der Waals surface area contributed by atoms with E-state index in [2.05, 4.69) is 51.9 Å². The molecule has 1 fully saturated rings. The maximum Gasteiger partial charge on any atom is 0.204 e. The number of aromatic nitrogens is 4. The number of ether oxygens (including phenoxy) is 1. The SMILES string of the molecule is S=c1n(CN2CCOCC2)nc(-c2cc(-c3ccccc3)nc3ccccc23)n1-c1ccccc1. The van der Waals surface area contributed by atoms with E-state index in [0.717, 1.165) is 65.5 Å². The molecular formula is C28H25N5OS. The average molecular weight is 480 g/mol. The lowest BCUT2D eigenvalue weighted by molar-refractivity contribution is 0.0210. The molecule has 7 heteroatoms. The molecule has 6 rings (SSSR count). The second-order valence-corrected chi connectivity index (χ2v) is 8.95. The zero-order chi connectivity index (χ0) is 23.6. The summed E-state index contributed by atoms with van der Waals surface area (Å²) in [6.45, 7) is 3.82. The molecule has 0 radical (unpaired) electrons. The van der Waals surface area contributed by atoms with Crippen LogP contribution in [0, 0.1) is 4.77 Å². The van der Waals surface area contributed by atoms with E-state index in [1.165, 1.54) is 0 Å². The number of hydrogen-bond donors (Lipinski definition) is 0. The van der Waals surface area contributed by atoms with Crippen LogP contribution in [0.4, 0.5) is 0 Å². The summed E-state index contributed by atoms with van der Waals surface area (Å²) in [7, 11) is 0. The first-order valence-corrected chi connectivity index (χ1v) is 12.2. The lowest BCUT2D eigenvalue weighted by atomic mass is 10.0. The molecule has 0 spiro atoms. The molecule has 6 nitrogen and oxygen atoms in total. The van der Waals surface area contributed by atoms with Gasteiger partial charge in [-0.1, -0.05) is 66.7 Å². The van der Waals surface area contributed by atoms with Crippen molar-refractivity contribution in [1.82, 2.24) is 24.2 Å². The van der Waals surface area contributed by atoms with Crippen molar-refractivity contribution < 1.29 is 4.74 Å². The van der Waals surface area contributed by atoms with E-state index in [0.29, 0.717) is 11.4 Å². The van der Waals surface area contributed by atoms with Crippen LogP contribution in [-0.4, -0.2) is 50.5 Å². The molecule has 0 amide bonds. The standard InChI is InChI=1S/C28H25N5OS/c35-28-32(20-31-15-17-34-18-16-31)30-27(33(28)22-11-5-2-6-12-22)24-19-26(21-9-3-1-4-10-21)29-25-14-8-7-13-23(24)25/h1-14,19H,15-18,20H2. The first kappa shape index (κ1) is 21.9. The van der Waals surface area contributed by atoms with Gasteiger partial charge in [-0.3, -0.25) is 9.47 Å². The molecule has 0 saturated carbocycles. The molecule has 0 unspecified atom stereocenters. The molecule has 0 bridgehead atoms. The highest BCUT2D eigenvalue weighted by Crippen LogP contribution is 2.33. The van der Waals surface area contributed by atoms with Crippen LogP contribution in [0.1, 0.15) is 0 Å². The molecule has 1 aliphatic rings. The Kier molecular flexibility index (Phi) is 5.96. The van der Waals surface area contributed by atoms with Gasteiger partial charge in [0.1, 0.15) is 0 Å². The molecular weight excluding hydrogens is 454 g/mol. The van der Waals surface area contributed by atoms with Gasteiger partial charge in [-0.25, -0.2) is 9.67 Å². The van der Waals surface area contributed by atoms with Crippen molar-refractivity contribution in [1.29, 1.82) is 0 Å². The zero-order valence-electron chi connectivity index (χ0n) is 19.2. The summed E-state index contributed by atoms with van der Waals surface area (Å²) in [6.07, 6.45) is 0. The van der Waals surface area contributed by atoms with Gasteiger partial charge in [0, 0.05) is 35.3 Å². The summed E-state index contributed by atoms with van der Waals surface area (Å²) in [4.78, 5) is 7.29. The molecule has 3 aromatic carbocycles. The van der Waals surface area contributed by atoms with E-state index < -0.39 is 0 Å². The van der Waals surface area contributed by atoms with Gasteiger partial charge < -0.3 is 4.74 Å². The van der Waals surface area contributed by atoms with Crippen molar-refractivity contribution in [3.8, 4) is 28.3 Å². The highest BCUT2D eigenvalue weighted by atomic mass is 32.1. The quantitative estimate of drug-likeness (QED) is 0.308. The monoisotopic (exact) mass is 479 g/mol. The van der Waals surface area contributed by atoms with Crippen molar-refractivity contribution in [2.75, 3.05) is 26.3 Å². The molecule has 1 aliphatic heterocycles. The number of rotatable bonds is 5. The average Bonchev–Trinajstić information content (AvgIpc) is 3.25. The Morgan fingerprint density at radius 3 is 2.29 bits per heavy atom. The van der Waals surface area contributed by atoms with Crippen LogP contribution in [0.25, 0.3) is 39.2 Å². The smallest absolute Gasteiger partial charge is 0.204 e. The summed E-state index contributed by atoms with van der Waals surface area (Å²) in [5.74, 6) is 0.810. The fourth-order valence-corrected chi connectivity index (χ4v) is 4.82. The third kappa shape index (κ3) is 4.30. The summed E-state index contributed by atoms with van der Waals surface area (Å²) in [5, 5.41) is 6.14. The van der Waals surface area contributed by atoms with Crippen LogP contribution in [-0.2, 0) is 11.4 Å². The van der Waals surface area contributed by atoms with Crippen molar-refractivity contribution in [3.05, 3.63) is 95.8 Å². The number of morpholine rings is 1. The topological polar surface area (TPSA) is 48.1 Å². The Morgan fingerprint density at radius 2 is 1.51 bits per heavy atom. The number of hydrogen-bond acceptors (Lipinski definition) is 5. The van der Waals surface area contributed by atoms with Crippen LogP contribution in [0.2, 0.25) is 0 Å². The van der Waals surface area contributed by atoms with Crippen LogP contribution < -0.4 is 0 Å². The molecule has 0 N–H and O–H groups in total. The van der Waals surface area contributed by atoms with E-state index in [1.807, 2.05) is 53.2 Å². The fourth-order valence-electron chi connectivity index (χ4n) is 4.53. The van der Waals surface area contributed by atoms with Crippen molar-refractivity contribution in [3.63, 3.8) is 0 Å². The number of benzene rings is 3. The summed E-state index contributed by atoms with van der Waals surface area (Å²) in [6, 6.07) is 30.8. The molecule has 1 saturated heterocycles. The zero-order valence-corrected chi connectivity index (χ0v) is 20.1. The van der Waals surface area contributed by atoms with Gasteiger partial charge in [0.15, 0.2) is 5.82 Å². The Labute approximate surface area is 209 Å². The normalized spacial score (nSPS) is 14.4. The largest absolute Gasteiger partial charge is 0.379 e. The molecule has 174 valence electrons. The van der Waals surface area contributed by atoms with Gasteiger partial charge in [-0.2, -0.15) is 0 Å². The summed E-state index contributed by atoms with van der Waals surface area (Å²) < 4.78 is 10.2. The van der Waals surface area contributed by atoms with Crippen LogP contribution in [0.15, 0.2) is 91.0 Å². The number of pyridine rings is 1. The molecule has 35 heavy (non-hydrogen) atoms. The fraction of sp³-hybridized carbons (Fsp3) is 0.179. The number of fused-ring (bicyclic) bond motifs is 1. The van der Waals surface area contributed by atoms with Crippen molar-refractivity contribution in [2.45, 2.75) is 6.67 Å².